The van der Waals surface area contributed by atoms with Crippen molar-refractivity contribution in [1.29, 1.82) is 5.41 Å². The molecule has 0 aliphatic carbocycles. The van der Waals surface area contributed by atoms with E-state index >= 15 is 0 Å². The van der Waals surface area contributed by atoms with Gasteiger partial charge in [0, 0.05) is 73.2 Å². The van der Waals surface area contributed by atoms with Crippen LogP contribution in [0.2, 0.25) is 0 Å². The van der Waals surface area contributed by atoms with E-state index in [2.05, 4.69) is 33.0 Å². The van der Waals surface area contributed by atoms with Gasteiger partial charge in [0.15, 0.2) is 5.84 Å². The highest BCUT2D eigenvalue weighted by Crippen LogP contribution is 2.28. The van der Waals surface area contributed by atoms with Gasteiger partial charge in [0.05, 0.1) is 24.3 Å². The lowest BCUT2D eigenvalue weighted by molar-refractivity contribution is -0.129. The topological polar surface area (TPSA) is 92.1 Å². The van der Waals surface area contributed by atoms with Gasteiger partial charge in [0.25, 0.3) is 0 Å². The number of benzene rings is 1. The Morgan fingerprint density at radius 3 is 2.64 bits per heavy atom. The molecule has 2 aromatic heterocycles. The molecule has 0 bridgehead atoms. The predicted octanol–water partition coefficient (Wildman–Crippen LogP) is 4.53. The summed E-state index contributed by atoms with van der Waals surface area (Å²) in [7, 11) is 0. The number of nitrogens with zero attached hydrogens (tertiary/aromatic N) is 6. The molecule has 2 N–H and O–H groups in total. The van der Waals surface area contributed by atoms with E-state index < -0.39 is 0 Å². The van der Waals surface area contributed by atoms with Gasteiger partial charge in [-0.1, -0.05) is 32.1 Å². The number of aromatic nitrogens is 2. The van der Waals surface area contributed by atoms with Crippen LogP contribution in [0.5, 0.6) is 0 Å². The van der Waals surface area contributed by atoms with E-state index in [0.29, 0.717) is 43.0 Å². The molecule has 3 aromatic rings. The molecule has 39 heavy (non-hydrogen) atoms. The van der Waals surface area contributed by atoms with Crippen LogP contribution in [0, 0.1) is 12.3 Å². The van der Waals surface area contributed by atoms with Gasteiger partial charge >= 0.3 is 0 Å². The highest BCUT2D eigenvalue weighted by Gasteiger charge is 2.39. The molecule has 2 fully saturated rings. The summed E-state index contributed by atoms with van der Waals surface area (Å²) in [6, 6.07) is 9.55. The highest BCUT2D eigenvalue weighted by molar-refractivity contribution is 6.08. The molecular formula is C29H35FN8O. The zero-order chi connectivity index (χ0) is 27.7. The molecule has 10 heteroatoms. The first kappa shape index (κ1) is 26.6. The fraction of sp³-hybridized carbons (Fsp3) is 0.379. The quantitative estimate of drug-likeness (QED) is 0.193. The van der Waals surface area contributed by atoms with Gasteiger partial charge in [-0.3, -0.25) is 10.2 Å². The lowest BCUT2D eigenvalue weighted by Crippen LogP contribution is -2.48. The molecule has 2 atom stereocenters. The second-order valence-corrected chi connectivity index (χ2v) is 10.2. The van der Waals surface area contributed by atoms with E-state index in [4.69, 9.17) is 5.41 Å². The minimum Gasteiger partial charge on any atom is -0.368 e. The molecule has 2 saturated heterocycles. The van der Waals surface area contributed by atoms with Crippen LogP contribution in [-0.2, 0) is 4.79 Å². The molecule has 0 spiro atoms. The molecule has 2 aliphatic heterocycles. The number of aryl methyl sites for hydroxylation is 1. The summed E-state index contributed by atoms with van der Waals surface area (Å²) in [4.78, 5) is 20.3. The first-order chi connectivity index (χ1) is 18.7. The molecule has 1 aromatic carbocycles. The van der Waals surface area contributed by atoms with Crippen LogP contribution in [0.15, 0.2) is 54.3 Å². The predicted molar refractivity (Wildman–Crippen MR) is 154 cm³/mol. The van der Waals surface area contributed by atoms with Crippen molar-refractivity contribution in [2.45, 2.75) is 39.7 Å². The van der Waals surface area contributed by atoms with Gasteiger partial charge in [-0.05, 0) is 37.1 Å². The van der Waals surface area contributed by atoms with Crippen LogP contribution in [0.1, 0.15) is 43.4 Å². The van der Waals surface area contributed by atoms with E-state index in [1.165, 1.54) is 0 Å². The number of aliphatic imine (C=N–C) groups is 1. The van der Waals surface area contributed by atoms with Crippen LogP contribution in [-0.4, -0.2) is 75.9 Å². The number of pyridine rings is 1. The van der Waals surface area contributed by atoms with Crippen LogP contribution >= 0.6 is 0 Å². The Hall–Kier alpha value is -4.05. The number of rotatable bonds is 8. The van der Waals surface area contributed by atoms with Crippen LogP contribution < -0.4 is 10.2 Å². The van der Waals surface area contributed by atoms with E-state index in [9.17, 15) is 9.28 Å². The number of nitrogens with one attached hydrogen (secondary N) is 2. The van der Waals surface area contributed by atoms with Crippen molar-refractivity contribution in [3.63, 3.8) is 0 Å². The van der Waals surface area contributed by atoms with Gasteiger partial charge < -0.3 is 15.1 Å². The second-order valence-electron chi connectivity index (χ2n) is 10.2. The molecule has 1 amide bonds. The monoisotopic (exact) mass is 530 g/mol. The third-order valence-electron chi connectivity index (χ3n) is 7.42. The third kappa shape index (κ3) is 5.70. The van der Waals surface area contributed by atoms with Crippen LogP contribution in [0.3, 0.4) is 0 Å². The smallest absolute Gasteiger partial charge is 0.219 e. The fourth-order valence-electron chi connectivity index (χ4n) is 4.96. The molecule has 0 radical (unpaired) electrons. The Labute approximate surface area is 228 Å². The normalized spacial score (nSPS) is 19.3. The van der Waals surface area contributed by atoms with Crippen LogP contribution in [0.25, 0.3) is 11.2 Å². The average Bonchev–Trinajstić information content (AvgIpc) is 3.50. The zero-order valence-electron chi connectivity index (χ0n) is 22.7. The number of anilines is 2. The largest absolute Gasteiger partial charge is 0.368 e. The number of carbonyl (C=O) groups is 1. The molecule has 9 nitrogen and oxygen atoms in total. The van der Waals surface area contributed by atoms with Crippen molar-refractivity contribution >= 4 is 40.0 Å². The van der Waals surface area contributed by atoms with Gasteiger partial charge in [-0.15, -0.1) is 9.60 Å². The average molecular weight is 531 g/mol. The molecule has 2 aliphatic rings. The summed E-state index contributed by atoms with van der Waals surface area (Å²) in [5.74, 6) is 0.237. The number of hydrogen-bond donors (Lipinski definition) is 2. The van der Waals surface area contributed by atoms with Gasteiger partial charge in [0.2, 0.25) is 5.91 Å². The lowest BCUT2D eigenvalue weighted by Gasteiger charge is -2.35. The number of halogens is 1. The number of piperazine rings is 1. The minimum atomic E-state index is -0.299. The maximum Gasteiger partial charge on any atom is 0.219 e. The van der Waals surface area contributed by atoms with Gasteiger partial charge in [0.1, 0.15) is 0 Å². The Morgan fingerprint density at radius 1 is 1.23 bits per heavy atom. The van der Waals surface area contributed by atoms with E-state index in [1.807, 2.05) is 53.7 Å². The number of amides is 1. The molecular weight excluding hydrogens is 495 g/mol. The third-order valence-corrected chi connectivity index (χ3v) is 7.42. The van der Waals surface area contributed by atoms with Crippen molar-refractivity contribution in [3.05, 3.63) is 66.0 Å². The standard InChI is InChI=1S/C29H35FN8O/c1-5-6-25(28-18-37(28)30)34-29(31)22-8-7-19(2)26(15-22)33-20(3)24-17-32-38-10-9-23(16-27(24)38)36-13-11-35(12-14-36)21(4)39/h7-10,15-17,28,31,33H,3,5-6,11-14,18H2,1-2,4H3. The fourth-order valence-corrected chi connectivity index (χ4v) is 4.96. The van der Waals surface area contributed by atoms with Crippen molar-refractivity contribution in [2.75, 3.05) is 42.9 Å². The summed E-state index contributed by atoms with van der Waals surface area (Å²) in [5.41, 5.74) is 6.77. The Bertz CT molecular complexity index is 1450. The summed E-state index contributed by atoms with van der Waals surface area (Å²) in [5, 5.41) is 17.2. The number of amidine groups is 1. The maximum absolute atomic E-state index is 13.5. The van der Waals surface area contributed by atoms with E-state index in [0.717, 1.165) is 52.7 Å². The molecule has 5 rings (SSSR count). The van der Waals surface area contributed by atoms with E-state index in [1.54, 1.807) is 13.1 Å². The summed E-state index contributed by atoms with van der Waals surface area (Å²) in [6.07, 6.45) is 5.26. The van der Waals surface area contributed by atoms with Crippen molar-refractivity contribution in [2.24, 2.45) is 4.99 Å². The van der Waals surface area contributed by atoms with Crippen molar-refractivity contribution < 1.29 is 9.28 Å². The van der Waals surface area contributed by atoms with Crippen molar-refractivity contribution in [1.82, 2.24) is 19.6 Å². The van der Waals surface area contributed by atoms with Crippen LogP contribution in [0.4, 0.5) is 15.9 Å². The zero-order valence-corrected chi connectivity index (χ0v) is 22.7. The molecule has 0 saturated carbocycles. The Kier molecular flexibility index (Phi) is 7.47. The SMILES string of the molecule is C=C(Nc1cc(C(=N)N=C(CCC)C2CN2F)ccc1C)c1cnn2ccc(N3CCN(C(C)=O)CC3)cc12. The second kappa shape index (κ2) is 11.0. The van der Waals surface area contributed by atoms with Crippen molar-refractivity contribution in [3.8, 4) is 0 Å². The molecule has 2 unspecified atom stereocenters. The molecule has 204 valence electrons. The Morgan fingerprint density at radius 2 is 1.97 bits per heavy atom. The Balaban J connectivity index is 1.34. The maximum atomic E-state index is 13.5. The first-order valence-electron chi connectivity index (χ1n) is 13.4. The van der Waals surface area contributed by atoms with Gasteiger partial charge in [-0.2, -0.15) is 5.10 Å². The number of fused-ring (bicyclic) bond motifs is 1. The number of hydrogen-bond acceptors (Lipinski definition) is 6. The summed E-state index contributed by atoms with van der Waals surface area (Å²) in [6.45, 7) is 13.3. The minimum absolute atomic E-state index is 0.113. The highest BCUT2D eigenvalue weighted by atomic mass is 19.2. The van der Waals surface area contributed by atoms with Gasteiger partial charge in [-0.25, -0.2) is 9.51 Å². The lowest BCUT2D eigenvalue weighted by atomic mass is 10.1. The summed E-state index contributed by atoms with van der Waals surface area (Å²) < 4.78 is 15.3. The summed E-state index contributed by atoms with van der Waals surface area (Å²) >= 11 is 0. The number of carbonyl (C=O) groups excluding carboxylic acids is 1. The first-order valence-corrected chi connectivity index (χ1v) is 13.4. The molecule has 4 heterocycles. The van der Waals surface area contributed by atoms with E-state index in [-0.39, 0.29) is 17.8 Å².